The molecular formula is C63H65N. The molecule has 0 amide bonds. The van der Waals surface area contributed by atoms with Crippen LogP contribution < -0.4 is 4.90 Å². The van der Waals surface area contributed by atoms with E-state index >= 15 is 0 Å². The van der Waals surface area contributed by atoms with Crippen LogP contribution >= 0.6 is 0 Å². The number of fused-ring (bicyclic) bond motifs is 3. The Hall–Kier alpha value is -5.66. The van der Waals surface area contributed by atoms with Crippen molar-refractivity contribution in [3.8, 4) is 44.5 Å². The summed E-state index contributed by atoms with van der Waals surface area (Å²) in [7, 11) is 0. The highest BCUT2D eigenvalue weighted by Crippen LogP contribution is 2.51. The topological polar surface area (TPSA) is 3.24 Å². The number of rotatable bonds is 9. The second-order valence-electron chi connectivity index (χ2n) is 20.4. The van der Waals surface area contributed by atoms with E-state index in [4.69, 9.17) is 0 Å². The SMILES string of the molecule is CC1(C)c2ccccc2-c2ccc(N(c3ccc(-c4ccc(C5CCCCC5)cc4)cc3)c3ccc(-c4cccc(-c5cc(C6CCCCC6)cc(C6CCCCC6)c5)c4)cc3)cc21. The van der Waals surface area contributed by atoms with E-state index in [2.05, 4.69) is 176 Å². The quantitative estimate of drug-likeness (QED) is 0.140. The Kier molecular flexibility index (Phi) is 11.4. The van der Waals surface area contributed by atoms with E-state index in [1.807, 2.05) is 0 Å². The molecule has 0 aliphatic heterocycles. The monoisotopic (exact) mass is 836 g/mol. The lowest BCUT2D eigenvalue weighted by Crippen LogP contribution is -2.16. The summed E-state index contributed by atoms with van der Waals surface area (Å²) < 4.78 is 0. The summed E-state index contributed by atoms with van der Waals surface area (Å²) in [6.45, 7) is 4.76. The third kappa shape index (κ3) is 8.06. The molecule has 3 saturated carbocycles. The minimum atomic E-state index is -0.0801. The summed E-state index contributed by atoms with van der Waals surface area (Å²) in [6.07, 6.45) is 20.4. The number of benzene rings is 7. The van der Waals surface area contributed by atoms with Crippen molar-refractivity contribution >= 4 is 17.1 Å². The fourth-order valence-corrected chi connectivity index (χ4v) is 12.3. The van der Waals surface area contributed by atoms with E-state index in [1.165, 1.54) is 163 Å². The molecule has 0 N–H and O–H groups in total. The fraction of sp³-hybridized carbons (Fsp3) is 0.333. The Bertz CT molecular complexity index is 2680. The highest BCUT2D eigenvalue weighted by Gasteiger charge is 2.36. The van der Waals surface area contributed by atoms with Crippen LogP contribution in [-0.4, -0.2) is 0 Å². The molecular weight excluding hydrogens is 771 g/mol. The van der Waals surface area contributed by atoms with Crippen molar-refractivity contribution in [2.75, 3.05) is 4.90 Å². The van der Waals surface area contributed by atoms with Gasteiger partial charge in [-0.15, -0.1) is 0 Å². The Morgan fingerprint density at radius 1 is 0.328 bits per heavy atom. The Morgan fingerprint density at radius 2 is 0.781 bits per heavy atom. The summed E-state index contributed by atoms with van der Waals surface area (Å²) in [5.41, 5.74) is 21.4. The average Bonchev–Trinajstić information content (AvgIpc) is 3.60. The maximum Gasteiger partial charge on any atom is 0.0465 e. The van der Waals surface area contributed by atoms with Crippen LogP contribution in [0.5, 0.6) is 0 Å². The second kappa shape index (κ2) is 17.7. The zero-order valence-electron chi connectivity index (χ0n) is 38.3. The maximum absolute atomic E-state index is 2.62. The van der Waals surface area contributed by atoms with Crippen LogP contribution in [0, 0.1) is 0 Å². The van der Waals surface area contributed by atoms with E-state index in [-0.39, 0.29) is 5.41 Å². The van der Waals surface area contributed by atoms with Gasteiger partial charge in [-0.2, -0.15) is 0 Å². The van der Waals surface area contributed by atoms with Gasteiger partial charge in [0.2, 0.25) is 0 Å². The zero-order chi connectivity index (χ0) is 43.0. The largest absolute Gasteiger partial charge is 0.310 e. The Morgan fingerprint density at radius 3 is 1.34 bits per heavy atom. The molecule has 0 saturated heterocycles. The van der Waals surface area contributed by atoms with Crippen LogP contribution in [0.4, 0.5) is 17.1 Å². The number of hydrogen-bond donors (Lipinski definition) is 0. The van der Waals surface area contributed by atoms with Crippen molar-refractivity contribution in [2.45, 2.75) is 133 Å². The summed E-state index contributed by atoms with van der Waals surface area (Å²) in [5.74, 6) is 2.13. The van der Waals surface area contributed by atoms with E-state index in [1.54, 1.807) is 11.1 Å². The second-order valence-corrected chi connectivity index (χ2v) is 20.4. The van der Waals surface area contributed by atoms with Gasteiger partial charge in [-0.3, -0.25) is 0 Å². The molecule has 0 unspecified atom stereocenters. The molecule has 0 heterocycles. The van der Waals surface area contributed by atoms with Crippen molar-refractivity contribution in [3.05, 3.63) is 186 Å². The first-order chi connectivity index (χ1) is 31.5. The summed E-state index contributed by atoms with van der Waals surface area (Å²) in [5, 5.41) is 0. The van der Waals surface area contributed by atoms with Crippen molar-refractivity contribution in [1.29, 1.82) is 0 Å². The van der Waals surface area contributed by atoms with Crippen LogP contribution in [0.25, 0.3) is 44.5 Å². The van der Waals surface area contributed by atoms with Crippen LogP contribution in [0.2, 0.25) is 0 Å². The molecule has 0 bridgehead atoms. The molecule has 322 valence electrons. The first-order valence-corrected chi connectivity index (χ1v) is 25.1. The molecule has 0 atom stereocenters. The van der Waals surface area contributed by atoms with Crippen molar-refractivity contribution in [2.24, 2.45) is 0 Å². The molecule has 1 heteroatoms. The van der Waals surface area contributed by atoms with E-state index in [0.29, 0.717) is 11.8 Å². The highest BCUT2D eigenvalue weighted by molar-refractivity contribution is 5.86. The number of nitrogens with zero attached hydrogens (tertiary/aromatic N) is 1. The molecule has 7 aromatic carbocycles. The molecule has 64 heavy (non-hydrogen) atoms. The first-order valence-electron chi connectivity index (χ1n) is 25.1. The van der Waals surface area contributed by atoms with Gasteiger partial charge in [0.1, 0.15) is 0 Å². The molecule has 4 aliphatic carbocycles. The van der Waals surface area contributed by atoms with Crippen LogP contribution in [0.3, 0.4) is 0 Å². The normalized spacial score (nSPS) is 17.8. The lowest BCUT2D eigenvalue weighted by atomic mass is 9.78. The predicted octanol–water partition coefficient (Wildman–Crippen LogP) is 18.6. The third-order valence-corrected chi connectivity index (χ3v) is 16.1. The molecule has 3 fully saturated rings. The van der Waals surface area contributed by atoms with Gasteiger partial charge in [0, 0.05) is 22.5 Å². The van der Waals surface area contributed by atoms with E-state index in [9.17, 15) is 0 Å². The van der Waals surface area contributed by atoms with Gasteiger partial charge in [-0.05, 0) is 171 Å². The number of hydrogen-bond acceptors (Lipinski definition) is 1. The lowest BCUT2D eigenvalue weighted by Gasteiger charge is -2.28. The van der Waals surface area contributed by atoms with Gasteiger partial charge in [0.05, 0.1) is 0 Å². The summed E-state index contributed by atoms with van der Waals surface area (Å²) >= 11 is 0. The van der Waals surface area contributed by atoms with Crippen molar-refractivity contribution in [1.82, 2.24) is 0 Å². The van der Waals surface area contributed by atoms with Gasteiger partial charge in [-0.25, -0.2) is 0 Å². The minimum absolute atomic E-state index is 0.0801. The lowest BCUT2D eigenvalue weighted by molar-refractivity contribution is 0.435. The zero-order valence-corrected chi connectivity index (χ0v) is 38.3. The average molecular weight is 836 g/mol. The van der Waals surface area contributed by atoms with Gasteiger partial charge in [-0.1, -0.05) is 187 Å². The predicted molar refractivity (Wildman–Crippen MR) is 272 cm³/mol. The number of anilines is 3. The Balaban J connectivity index is 0.928. The summed E-state index contributed by atoms with van der Waals surface area (Å²) in [4.78, 5) is 2.46. The van der Waals surface area contributed by atoms with E-state index in [0.717, 1.165) is 17.3 Å². The molecule has 11 rings (SSSR count). The van der Waals surface area contributed by atoms with Crippen LogP contribution in [0.1, 0.15) is 156 Å². The van der Waals surface area contributed by atoms with Gasteiger partial charge in [0.15, 0.2) is 0 Å². The molecule has 7 aromatic rings. The van der Waals surface area contributed by atoms with Crippen molar-refractivity contribution < 1.29 is 0 Å². The smallest absolute Gasteiger partial charge is 0.0465 e. The van der Waals surface area contributed by atoms with Gasteiger partial charge < -0.3 is 4.90 Å². The summed E-state index contributed by atoms with van der Waals surface area (Å²) in [6, 6.07) is 61.2. The fourth-order valence-electron chi connectivity index (χ4n) is 12.3. The van der Waals surface area contributed by atoms with Gasteiger partial charge in [0.25, 0.3) is 0 Å². The first kappa shape index (κ1) is 41.1. The standard InChI is InChI=1S/C63H65N/c1-63(2)61-24-13-12-23-59(61)60-38-37-58(43-62(60)63)64(56-33-29-49(30-34-56)48-27-25-47(26-28-48)44-15-6-3-7-16-44)57-35-31-50(32-36-57)51-21-14-22-52(39-51)55-41-53(45-17-8-4-9-18-45)40-54(42-55)46-19-10-5-11-20-46/h12-14,21-46H,3-11,15-20H2,1-2H3. The van der Waals surface area contributed by atoms with Crippen molar-refractivity contribution in [3.63, 3.8) is 0 Å². The maximum atomic E-state index is 2.62. The molecule has 0 spiro atoms. The molecule has 0 aromatic heterocycles. The van der Waals surface area contributed by atoms with Crippen LogP contribution in [0.15, 0.2) is 158 Å². The molecule has 4 aliphatic rings. The van der Waals surface area contributed by atoms with Crippen LogP contribution in [-0.2, 0) is 5.41 Å². The Labute approximate surface area is 383 Å². The highest BCUT2D eigenvalue weighted by atomic mass is 15.1. The third-order valence-electron chi connectivity index (χ3n) is 16.1. The molecule has 1 nitrogen and oxygen atoms in total. The van der Waals surface area contributed by atoms with Gasteiger partial charge >= 0.3 is 0 Å². The minimum Gasteiger partial charge on any atom is -0.310 e. The van der Waals surface area contributed by atoms with E-state index < -0.39 is 0 Å². The molecule has 0 radical (unpaired) electrons.